The van der Waals surface area contributed by atoms with Gasteiger partial charge in [-0.05, 0) is 30.3 Å². The van der Waals surface area contributed by atoms with Crippen LogP contribution in [0.2, 0.25) is 5.02 Å². The molecule has 0 aliphatic carbocycles. The van der Waals surface area contributed by atoms with Gasteiger partial charge in [0.2, 0.25) is 0 Å². The second kappa shape index (κ2) is 4.38. The van der Waals surface area contributed by atoms with Gasteiger partial charge in [0.15, 0.2) is 0 Å². The molecule has 5 heteroatoms. The highest BCUT2D eigenvalue weighted by molar-refractivity contribution is 6.31. The SMILES string of the molecule is N#Cc1ccc(-c2nc3cc(Cl)c(F)cc3[nH]2)cc1. The van der Waals surface area contributed by atoms with Crippen LogP contribution in [0.1, 0.15) is 5.56 Å². The van der Waals surface area contributed by atoms with Crippen LogP contribution in [-0.2, 0) is 0 Å². The third-order valence-corrected chi connectivity index (χ3v) is 3.10. The predicted octanol–water partition coefficient (Wildman–Crippen LogP) is 3.89. The molecule has 0 radical (unpaired) electrons. The molecular formula is C14H7ClFN3. The van der Waals surface area contributed by atoms with E-state index in [2.05, 4.69) is 9.97 Å². The van der Waals surface area contributed by atoms with E-state index in [0.717, 1.165) is 5.56 Å². The van der Waals surface area contributed by atoms with E-state index < -0.39 is 5.82 Å². The Balaban J connectivity index is 2.12. The summed E-state index contributed by atoms with van der Waals surface area (Å²) in [7, 11) is 0. The number of H-pyrrole nitrogens is 1. The van der Waals surface area contributed by atoms with Crippen molar-refractivity contribution in [2.75, 3.05) is 0 Å². The van der Waals surface area contributed by atoms with Crippen molar-refractivity contribution in [1.82, 2.24) is 9.97 Å². The monoisotopic (exact) mass is 271 g/mol. The maximum Gasteiger partial charge on any atom is 0.144 e. The lowest BCUT2D eigenvalue weighted by atomic mass is 10.1. The first-order valence-electron chi connectivity index (χ1n) is 5.52. The largest absolute Gasteiger partial charge is 0.338 e. The van der Waals surface area contributed by atoms with Gasteiger partial charge in [-0.2, -0.15) is 5.26 Å². The average molecular weight is 272 g/mol. The third-order valence-electron chi connectivity index (χ3n) is 2.81. The first-order valence-corrected chi connectivity index (χ1v) is 5.90. The summed E-state index contributed by atoms with van der Waals surface area (Å²) in [5.74, 6) is 0.130. The number of halogens is 2. The van der Waals surface area contributed by atoms with Gasteiger partial charge in [-0.15, -0.1) is 0 Å². The van der Waals surface area contributed by atoms with Crippen molar-refractivity contribution < 1.29 is 4.39 Å². The minimum absolute atomic E-state index is 0.0466. The molecule has 1 N–H and O–H groups in total. The molecule has 0 bridgehead atoms. The standard InChI is InChI=1S/C14H7ClFN3/c15-10-5-12-13(6-11(10)16)19-14(18-12)9-3-1-8(7-17)2-4-9/h1-6H,(H,18,19). The molecule has 0 amide bonds. The highest BCUT2D eigenvalue weighted by Gasteiger charge is 2.08. The second-order valence-corrected chi connectivity index (χ2v) is 4.47. The summed E-state index contributed by atoms with van der Waals surface area (Å²) in [4.78, 5) is 7.38. The van der Waals surface area contributed by atoms with Crippen molar-refractivity contribution in [1.29, 1.82) is 5.26 Å². The van der Waals surface area contributed by atoms with Crippen LogP contribution in [0.5, 0.6) is 0 Å². The summed E-state index contributed by atoms with van der Waals surface area (Å²) in [6.45, 7) is 0. The molecule has 0 saturated heterocycles. The van der Waals surface area contributed by atoms with E-state index in [4.69, 9.17) is 16.9 Å². The van der Waals surface area contributed by atoms with E-state index in [9.17, 15) is 4.39 Å². The summed E-state index contributed by atoms with van der Waals surface area (Å²) in [6.07, 6.45) is 0. The minimum Gasteiger partial charge on any atom is -0.338 e. The third kappa shape index (κ3) is 2.05. The summed E-state index contributed by atoms with van der Waals surface area (Å²) in [5, 5.41) is 8.79. The summed E-state index contributed by atoms with van der Waals surface area (Å²) >= 11 is 5.72. The molecule has 3 aromatic rings. The fourth-order valence-corrected chi connectivity index (χ4v) is 2.00. The van der Waals surface area contributed by atoms with E-state index in [0.29, 0.717) is 22.4 Å². The fraction of sp³-hybridized carbons (Fsp3) is 0. The van der Waals surface area contributed by atoms with Crippen molar-refractivity contribution in [3.63, 3.8) is 0 Å². The summed E-state index contributed by atoms with van der Waals surface area (Å²) < 4.78 is 13.3. The molecular weight excluding hydrogens is 265 g/mol. The Bertz CT molecular complexity index is 761. The number of rotatable bonds is 1. The molecule has 92 valence electrons. The van der Waals surface area contributed by atoms with Crippen LogP contribution < -0.4 is 0 Å². The fourth-order valence-electron chi connectivity index (χ4n) is 1.84. The molecule has 1 aromatic heterocycles. The van der Waals surface area contributed by atoms with Crippen LogP contribution in [-0.4, -0.2) is 9.97 Å². The molecule has 0 spiro atoms. The van der Waals surface area contributed by atoms with Gasteiger partial charge in [-0.25, -0.2) is 9.37 Å². The molecule has 0 unspecified atom stereocenters. The number of nitrogens with one attached hydrogen (secondary N) is 1. The summed E-state index contributed by atoms with van der Waals surface area (Å²) in [5.41, 5.74) is 2.59. The molecule has 0 saturated carbocycles. The lowest BCUT2D eigenvalue weighted by Gasteiger charge is -1.95. The quantitative estimate of drug-likeness (QED) is 0.730. The highest BCUT2D eigenvalue weighted by atomic mass is 35.5. The Labute approximate surface area is 113 Å². The maximum atomic E-state index is 13.3. The number of nitrogens with zero attached hydrogens (tertiary/aromatic N) is 2. The molecule has 0 fully saturated rings. The average Bonchev–Trinajstić information content (AvgIpc) is 2.82. The van der Waals surface area contributed by atoms with E-state index in [1.54, 1.807) is 24.3 Å². The van der Waals surface area contributed by atoms with Gasteiger partial charge in [-0.1, -0.05) is 11.6 Å². The van der Waals surface area contributed by atoms with Crippen LogP contribution in [0.15, 0.2) is 36.4 Å². The number of fused-ring (bicyclic) bond motifs is 1. The molecule has 3 rings (SSSR count). The van der Waals surface area contributed by atoms with Crippen molar-refractivity contribution in [3.8, 4) is 17.5 Å². The maximum absolute atomic E-state index is 13.3. The zero-order valence-electron chi connectivity index (χ0n) is 9.61. The number of aromatic nitrogens is 2. The van der Waals surface area contributed by atoms with Gasteiger partial charge in [0.25, 0.3) is 0 Å². The van der Waals surface area contributed by atoms with Gasteiger partial charge in [0, 0.05) is 11.6 Å². The molecule has 2 aromatic carbocycles. The van der Waals surface area contributed by atoms with Crippen LogP contribution >= 0.6 is 11.6 Å². The molecule has 3 nitrogen and oxygen atoms in total. The number of benzene rings is 2. The Morgan fingerprint density at radius 3 is 2.63 bits per heavy atom. The predicted molar refractivity (Wildman–Crippen MR) is 71.2 cm³/mol. The Kier molecular flexibility index (Phi) is 2.69. The molecule has 0 aliphatic rings. The van der Waals surface area contributed by atoms with E-state index in [-0.39, 0.29) is 5.02 Å². The number of imidazole rings is 1. The number of hydrogen-bond acceptors (Lipinski definition) is 2. The number of aromatic amines is 1. The zero-order valence-corrected chi connectivity index (χ0v) is 10.4. The van der Waals surface area contributed by atoms with Gasteiger partial charge in [0.05, 0.1) is 27.7 Å². The lowest BCUT2D eigenvalue weighted by Crippen LogP contribution is -1.80. The first kappa shape index (κ1) is 11.7. The molecule has 0 aliphatic heterocycles. The van der Waals surface area contributed by atoms with E-state index >= 15 is 0 Å². The first-order chi connectivity index (χ1) is 9.17. The molecule has 0 atom stereocenters. The van der Waals surface area contributed by atoms with Crippen molar-refractivity contribution >= 4 is 22.6 Å². The topological polar surface area (TPSA) is 52.5 Å². The minimum atomic E-state index is -0.482. The highest BCUT2D eigenvalue weighted by Crippen LogP contribution is 2.25. The van der Waals surface area contributed by atoms with Crippen molar-refractivity contribution in [2.24, 2.45) is 0 Å². The van der Waals surface area contributed by atoms with E-state index in [1.165, 1.54) is 12.1 Å². The summed E-state index contributed by atoms with van der Waals surface area (Å²) in [6, 6.07) is 11.8. The Morgan fingerprint density at radius 1 is 1.21 bits per heavy atom. The lowest BCUT2D eigenvalue weighted by molar-refractivity contribution is 0.630. The zero-order chi connectivity index (χ0) is 13.4. The molecule has 19 heavy (non-hydrogen) atoms. The number of nitriles is 1. The van der Waals surface area contributed by atoms with Crippen LogP contribution in [0.25, 0.3) is 22.4 Å². The van der Waals surface area contributed by atoms with Crippen molar-refractivity contribution in [3.05, 3.63) is 52.8 Å². The van der Waals surface area contributed by atoms with Gasteiger partial charge in [-0.3, -0.25) is 0 Å². The second-order valence-electron chi connectivity index (χ2n) is 4.06. The van der Waals surface area contributed by atoms with E-state index in [1.807, 2.05) is 6.07 Å². The Hall–Kier alpha value is -2.38. The van der Waals surface area contributed by atoms with Crippen LogP contribution in [0, 0.1) is 17.1 Å². The number of hydrogen-bond donors (Lipinski definition) is 1. The Morgan fingerprint density at radius 2 is 1.95 bits per heavy atom. The van der Waals surface area contributed by atoms with Crippen LogP contribution in [0.4, 0.5) is 4.39 Å². The van der Waals surface area contributed by atoms with Crippen LogP contribution in [0.3, 0.4) is 0 Å². The normalized spacial score (nSPS) is 10.6. The van der Waals surface area contributed by atoms with Gasteiger partial charge < -0.3 is 4.98 Å². The molecule has 1 heterocycles. The van der Waals surface area contributed by atoms with Gasteiger partial charge >= 0.3 is 0 Å². The van der Waals surface area contributed by atoms with Crippen molar-refractivity contribution in [2.45, 2.75) is 0 Å². The smallest absolute Gasteiger partial charge is 0.144 e. The van der Waals surface area contributed by atoms with Gasteiger partial charge in [0.1, 0.15) is 11.6 Å².